The summed E-state index contributed by atoms with van der Waals surface area (Å²) >= 11 is 0. The van der Waals surface area contributed by atoms with Crippen LogP contribution in [0.25, 0.3) is 0 Å². The van der Waals surface area contributed by atoms with E-state index in [2.05, 4.69) is 16.7 Å². The fraction of sp³-hybridized carbons (Fsp3) is 0.462. The summed E-state index contributed by atoms with van der Waals surface area (Å²) in [5.41, 5.74) is 2.82. The lowest BCUT2D eigenvalue weighted by atomic mass is 9.88. The van der Waals surface area contributed by atoms with Crippen molar-refractivity contribution in [1.82, 2.24) is 0 Å². The van der Waals surface area contributed by atoms with Gasteiger partial charge in [0.05, 0.1) is 16.9 Å². The summed E-state index contributed by atoms with van der Waals surface area (Å²) < 4.78 is 0. The highest BCUT2D eigenvalue weighted by Gasteiger charge is 2.30. The lowest BCUT2D eigenvalue weighted by Gasteiger charge is -2.39. The minimum atomic E-state index is 0.496. The number of benzene rings is 1. The number of rotatable bonds is 0. The predicted octanol–water partition coefficient (Wildman–Crippen LogP) is 2.71. The molecule has 0 aromatic heterocycles. The quantitative estimate of drug-likeness (QED) is 0.696. The summed E-state index contributed by atoms with van der Waals surface area (Å²) in [6, 6.07) is 9.14. The highest BCUT2D eigenvalue weighted by molar-refractivity contribution is 5.78. The molecule has 3 nitrogen and oxygen atoms in total. The van der Waals surface area contributed by atoms with E-state index < -0.39 is 0 Å². The van der Waals surface area contributed by atoms with E-state index in [-0.39, 0.29) is 0 Å². The van der Waals surface area contributed by atoms with Crippen LogP contribution in [0.1, 0.15) is 31.2 Å². The standard InChI is InChI=1S/C13H15N3/c14-8-9-4-3-7-12-13(9)16-11-6-2-1-5-10(11)15-12/h3-4,7,10-11,15-16H,1-2,5-6H2. The molecule has 2 aliphatic rings. The molecule has 1 fully saturated rings. The van der Waals surface area contributed by atoms with Crippen LogP contribution in [0.3, 0.4) is 0 Å². The van der Waals surface area contributed by atoms with Crippen molar-refractivity contribution >= 4 is 11.4 Å². The van der Waals surface area contributed by atoms with E-state index in [0.717, 1.165) is 16.9 Å². The normalized spacial score (nSPS) is 26.7. The molecule has 82 valence electrons. The first kappa shape index (κ1) is 9.53. The van der Waals surface area contributed by atoms with Crippen LogP contribution in [0, 0.1) is 11.3 Å². The van der Waals surface area contributed by atoms with E-state index in [1.807, 2.05) is 18.2 Å². The smallest absolute Gasteiger partial charge is 0.101 e. The third-order valence-corrected chi connectivity index (χ3v) is 3.62. The topological polar surface area (TPSA) is 47.9 Å². The lowest BCUT2D eigenvalue weighted by Crippen LogP contribution is -2.45. The fourth-order valence-electron chi connectivity index (χ4n) is 2.78. The molecule has 0 radical (unpaired) electrons. The Morgan fingerprint density at radius 3 is 2.62 bits per heavy atom. The summed E-state index contributed by atoms with van der Waals surface area (Å²) in [5, 5.41) is 16.2. The van der Waals surface area contributed by atoms with Crippen molar-refractivity contribution in [3.05, 3.63) is 23.8 Å². The number of nitriles is 1. The molecule has 0 saturated heterocycles. The molecule has 3 rings (SSSR count). The van der Waals surface area contributed by atoms with Gasteiger partial charge < -0.3 is 10.6 Å². The van der Waals surface area contributed by atoms with Gasteiger partial charge in [0.15, 0.2) is 0 Å². The molecule has 2 atom stereocenters. The Morgan fingerprint density at radius 1 is 1.12 bits per heavy atom. The summed E-state index contributed by atoms with van der Waals surface area (Å²) in [5.74, 6) is 0. The molecule has 1 aromatic carbocycles. The largest absolute Gasteiger partial charge is 0.379 e. The van der Waals surface area contributed by atoms with Gasteiger partial charge in [0.1, 0.15) is 6.07 Å². The van der Waals surface area contributed by atoms with E-state index in [0.29, 0.717) is 12.1 Å². The molecule has 2 N–H and O–H groups in total. The second-order valence-corrected chi connectivity index (χ2v) is 4.63. The maximum Gasteiger partial charge on any atom is 0.101 e. The minimum Gasteiger partial charge on any atom is -0.379 e. The Balaban J connectivity index is 1.99. The average molecular weight is 213 g/mol. The zero-order valence-electron chi connectivity index (χ0n) is 9.16. The van der Waals surface area contributed by atoms with Crippen molar-refractivity contribution in [3.8, 4) is 6.07 Å². The number of fused-ring (bicyclic) bond motifs is 2. The van der Waals surface area contributed by atoms with Gasteiger partial charge in [0, 0.05) is 12.1 Å². The maximum absolute atomic E-state index is 9.07. The molecular formula is C13H15N3. The van der Waals surface area contributed by atoms with Gasteiger partial charge in [0.25, 0.3) is 0 Å². The predicted molar refractivity (Wildman–Crippen MR) is 64.4 cm³/mol. The lowest BCUT2D eigenvalue weighted by molar-refractivity contribution is 0.418. The van der Waals surface area contributed by atoms with Crippen LogP contribution >= 0.6 is 0 Å². The summed E-state index contributed by atoms with van der Waals surface area (Å²) in [7, 11) is 0. The number of nitrogens with one attached hydrogen (secondary N) is 2. The molecular weight excluding hydrogens is 198 g/mol. The third kappa shape index (κ3) is 1.42. The minimum absolute atomic E-state index is 0.496. The Hall–Kier alpha value is -1.69. The van der Waals surface area contributed by atoms with Crippen LogP contribution in [-0.2, 0) is 0 Å². The summed E-state index contributed by atoms with van der Waals surface area (Å²) in [6.07, 6.45) is 5.04. The number of para-hydroxylation sites is 1. The third-order valence-electron chi connectivity index (χ3n) is 3.62. The van der Waals surface area contributed by atoms with E-state index in [1.165, 1.54) is 25.7 Å². The van der Waals surface area contributed by atoms with Crippen molar-refractivity contribution in [3.63, 3.8) is 0 Å². The molecule has 3 heteroatoms. The first-order chi connectivity index (χ1) is 7.88. The van der Waals surface area contributed by atoms with E-state index in [1.54, 1.807) is 0 Å². The molecule has 0 amide bonds. The second-order valence-electron chi connectivity index (χ2n) is 4.63. The Kier molecular flexibility index (Phi) is 2.21. The van der Waals surface area contributed by atoms with Crippen LogP contribution in [0.2, 0.25) is 0 Å². The average Bonchev–Trinajstić information content (AvgIpc) is 2.35. The molecule has 1 heterocycles. The zero-order valence-corrected chi connectivity index (χ0v) is 9.16. The molecule has 16 heavy (non-hydrogen) atoms. The van der Waals surface area contributed by atoms with E-state index >= 15 is 0 Å². The van der Waals surface area contributed by atoms with Gasteiger partial charge in [-0.15, -0.1) is 0 Å². The molecule has 1 aliphatic heterocycles. The monoisotopic (exact) mass is 213 g/mol. The Bertz CT molecular complexity index is 447. The number of hydrogen-bond donors (Lipinski definition) is 2. The van der Waals surface area contributed by atoms with Crippen molar-refractivity contribution < 1.29 is 0 Å². The highest BCUT2D eigenvalue weighted by atomic mass is 15.1. The van der Waals surface area contributed by atoms with Crippen LogP contribution < -0.4 is 10.6 Å². The van der Waals surface area contributed by atoms with Gasteiger partial charge in [-0.2, -0.15) is 5.26 Å². The van der Waals surface area contributed by atoms with Crippen molar-refractivity contribution in [1.29, 1.82) is 5.26 Å². The molecule has 1 aliphatic carbocycles. The molecule has 0 spiro atoms. The first-order valence-corrected chi connectivity index (χ1v) is 5.94. The van der Waals surface area contributed by atoms with Crippen LogP contribution in [0.4, 0.5) is 11.4 Å². The maximum atomic E-state index is 9.07. The van der Waals surface area contributed by atoms with Crippen LogP contribution in [0.15, 0.2) is 18.2 Å². The zero-order chi connectivity index (χ0) is 11.0. The molecule has 1 saturated carbocycles. The van der Waals surface area contributed by atoms with Crippen molar-refractivity contribution in [2.45, 2.75) is 37.8 Å². The van der Waals surface area contributed by atoms with E-state index in [9.17, 15) is 0 Å². The van der Waals surface area contributed by atoms with E-state index in [4.69, 9.17) is 5.26 Å². The van der Waals surface area contributed by atoms with Gasteiger partial charge in [-0.05, 0) is 25.0 Å². The highest BCUT2D eigenvalue weighted by Crippen LogP contribution is 2.36. The second kappa shape index (κ2) is 3.71. The van der Waals surface area contributed by atoms with Gasteiger partial charge in [-0.25, -0.2) is 0 Å². The van der Waals surface area contributed by atoms with Gasteiger partial charge in [-0.3, -0.25) is 0 Å². The Morgan fingerprint density at radius 2 is 1.88 bits per heavy atom. The van der Waals surface area contributed by atoms with Crippen LogP contribution in [-0.4, -0.2) is 12.1 Å². The number of anilines is 2. The number of nitrogens with zero attached hydrogens (tertiary/aromatic N) is 1. The first-order valence-electron chi connectivity index (χ1n) is 5.94. The van der Waals surface area contributed by atoms with Crippen molar-refractivity contribution in [2.24, 2.45) is 0 Å². The fourth-order valence-corrected chi connectivity index (χ4v) is 2.78. The van der Waals surface area contributed by atoms with Gasteiger partial charge >= 0.3 is 0 Å². The van der Waals surface area contributed by atoms with Gasteiger partial charge in [0.2, 0.25) is 0 Å². The van der Waals surface area contributed by atoms with Crippen molar-refractivity contribution in [2.75, 3.05) is 10.6 Å². The van der Waals surface area contributed by atoms with Gasteiger partial charge in [-0.1, -0.05) is 18.9 Å². The van der Waals surface area contributed by atoms with Crippen LogP contribution in [0.5, 0.6) is 0 Å². The summed E-state index contributed by atoms with van der Waals surface area (Å²) in [4.78, 5) is 0. The SMILES string of the molecule is N#Cc1cccc2c1NC1CCCCC1N2. The molecule has 2 unspecified atom stereocenters. The summed E-state index contributed by atoms with van der Waals surface area (Å²) in [6.45, 7) is 0. The number of hydrogen-bond acceptors (Lipinski definition) is 3. The molecule has 0 bridgehead atoms. The molecule has 1 aromatic rings. The Labute approximate surface area is 95.5 Å².